The largest absolute Gasteiger partial charge is 0.373 e. The molecule has 1 aromatic rings. The molecule has 1 heterocycles. The van der Waals surface area contributed by atoms with Gasteiger partial charge in [0, 0.05) is 32.1 Å². The summed E-state index contributed by atoms with van der Waals surface area (Å²) in [5.41, 5.74) is 5.56. The van der Waals surface area contributed by atoms with Crippen molar-refractivity contribution < 1.29 is 4.79 Å². The summed E-state index contributed by atoms with van der Waals surface area (Å²) in [6.07, 6.45) is 2.04. The number of aromatic nitrogens is 2. The molecule has 1 aliphatic rings. The van der Waals surface area contributed by atoms with Crippen LogP contribution in [0, 0.1) is 5.92 Å². The highest BCUT2D eigenvalue weighted by Gasteiger charge is 2.28. The van der Waals surface area contributed by atoms with Crippen molar-refractivity contribution >= 4 is 23.5 Å². The second-order valence-electron chi connectivity index (χ2n) is 4.24. The first-order valence-electron chi connectivity index (χ1n) is 6.03. The van der Waals surface area contributed by atoms with Gasteiger partial charge in [0.15, 0.2) is 0 Å². The first-order chi connectivity index (χ1) is 8.69. The molecule has 0 spiro atoms. The molecule has 98 valence electrons. The van der Waals surface area contributed by atoms with E-state index in [4.69, 9.17) is 5.73 Å². The van der Waals surface area contributed by atoms with Gasteiger partial charge in [-0.2, -0.15) is 9.97 Å². The van der Waals surface area contributed by atoms with Gasteiger partial charge in [0.2, 0.25) is 11.9 Å². The van der Waals surface area contributed by atoms with Crippen LogP contribution in [0.25, 0.3) is 0 Å². The van der Waals surface area contributed by atoms with Gasteiger partial charge in [0.25, 0.3) is 0 Å². The molecule has 7 heteroatoms. The van der Waals surface area contributed by atoms with Crippen molar-refractivity contribution in [2.24, 2.45) is 5.92 Å². The zero-order chi connectivity index (χ0) is 13.0. The average molecular weight is 250 g/mol. The monoisotopic (exact) mass is 250 g/mol. The summed E-state index contributed by atoms with van der Waals surface area (Å²) in [7, 11) is 1.77. The van der Waals surface area contributed by atoms with E-state index in [1.165, 1.54) is 0 Å². The number of hydrogen-bond acceptors (Lipinski definition) is 6. The second-order valence-corrected chi connectivity index (χ2v) is 4.24. The number of amides is 1. The zero-order valence-corrected chi connectivity index (χ0v) is 10.4. The van der Waals surface area contributed by atoms with Crippen molar-refractivity contribution in [1.82, 2.24) is 15.3 Å². The molecular formula is C11H18N6O. The van der Waals surface area contributed by atoms with Crippen molar-refractivity contribution in [3.8, 4) is 0 Å². The maximum atomic E-state index is 11.4. The Hall–Kier alpha value is -2.05. The summed E-state index contributed by atoms with van der Waals surface area (Å²) in [6.45, 7) is 1.19. The molecule has 1 aromatic heterocycles. The molecule has 1 saturated carbocycles. The minimum atomic E-state index is 0.148. The highest BCUT2D eigenvalue weighted by Crippen LogP contribution is 2.28. The number of carbonyl (C=O) groups is 1. The quantitative estimate of drug-likeness (QED) is 0.531. The molecule has 2 rings (SSSR count). The van der Waals surface area contributed by atoms with Crippen LogP contribution in [-0.2, 0) is 4.79 Å². The van der Waals surface area contributed by atoms with Gasteiger partial charge in [-0.15, -0.1) is 0 Å². The van der Waals surface area contributed by atoms with Crippen molar-refractivity contribution in [2.75, 3.05) is 36.5 Å². The predicted octanol–water partition coefficient (Wildman–Crippen LogP) is 0.0386. The minimum absolute atomic E-state index is 0.148. The van der Waals surface area contributed by atoms with Crippen molar-refractivity contribution in [1.29, 1.82) is 0 Å². The maximum absolute atomic E-state index is 11.4. The van der Waals surface area contributed by atoms with Crippen molar-refractivity contribution in [3.05, 3.63) is 6.07 Å². The fourth-order valence-corrected chi connectivity index (χ4v) is 1.55. The van der Waals surface area contributed by atoms with Crippen LogP contribution in [0.5, 0.6) is 0 Å². The number of hydrogen-bond donors (Lipinski definition) is 4. The van der Waals surface area contributed by atoms with E-state index in [9.17, 15) is 4.79 Å². The smallest absolute Gasteiger partial charge is 0.223 e. The lowest BCUT2D eigenvalue weighted by atomic mass is 10.4. The predicted molar refractivity (Wildman–Crippen MR) is 70.2 cm³/mol. The SMILES string of the molecule is CNc1cc(NCCNC(=O)C2CC2)nc(N)n1. The van der Waals surface area contributed by atoms with Crippen LogP contribution in [0.4, 0.5) is 17.6 Å². The molecule has 5 N–H and O–H groups in total. The van der Waals surface area contributed by atoms with Gasteiger partial charge in [0.1, 0.15) is 11.6 Å². The number of nitrogens with two attached hydrogens (primary N) is 1. The first kappa shape index (κ1) is 12.4. The number of nitrogen functional groups attached to an aromatic ring is 1. The Morgan fingerprint density at radius 2 is 2.11 bits per heavy atom. The third-order valence-electron chi connectivity index (χ3n) is 2.68. The summed E-state index contributed by atoms with van der Waals surface area (Å²) >= 11 is 0. The molecule has 0 aliphatic heterocycles. The normalized spacial score (nSPS) is 14.1. The van der Waals surface area contributed by atoms with E-state index in [1.54, 1.807) is 13.1 Å². The van der Waals surface area contributed by atoms with E-state index < -0.39 is 0 Å². The van der Waals surface area contributed by atoms with E-state index >= 15 is 0 Å². The molecule has 1 aliphatic carbocycles. The Morgan fingerprint density at radius 1 is 1.39 bits per heavy atom. The standard InChI is InChI=1S/C11H18N6O/c1-13-8-6-9(17-11(12)16-8)14-4-5-15-10(18)7-2-3-7/h6-7H,2-5H2,1H3,(H,15,18)(H4,12,13,14,16,17). The van der Waals surface area contributed by atoms with Crippen LogP contribution in [0.15, 0.2) is 6.07 Å². The maximum Gasteiger partial charge on any atom is 0.223 e. The van der Waals surface area contributed by atoms with Gasteiger partial charge >= 0.3 is 0 Å². The Balaban J connectivity index is 1.75. The van der Waals surface area contributed by atoms with Crippen LogP contribution in [0.1, 0.15) is 12.8 Å². The molecule has 1 amide bonds. The minimum Gasteiger partial charge on any atom is -0.373 e. The van der Waals surface area contributed by atoms with Gasteiger partial charge in [-0.25, -0.2) is 0 Å². The Morgan fingerprint density at radius 3 is 2.78 bits per heavy atom. The van der Waals surface area contributed by atoms with Crippen molar-refractivity contribution in [2.45, 2.75) is 12.8 Å². The van der Waals surface area contributed by atoms with Gasteiger partial charge in [0.05, 0.1) is 0 Å². The Kier molecular flexibility index (Phi) is 3.81. The zero-order valence-electron chi connectivity index (χ0n) is 10.4. The van der Waals surface area contributed by atoms with E-state index in [0.29, 0.717) is 24.7 Å². The van der Waals surface area contributed by atoms with Crippen molar-refractivity contribution in [3.63, 3.8) is 0 Å². The number of nitrogens with one attached hydrogen (secondary N) is 3. The first-order valence-corrected chi connectivity index (χ1v) is 6.03. The molecule has 0 aromatic carbocycles. The van der Waals surface area contributed by atoms with Gasteiger partial charge in [-0.3, -0.25) is 4.79 Å². The van der Waals surface area contributed by atoms with Crippen LogP contribution >= 0.6 is 0 Å². The Labute approximate surface area is 106 Å². The summed E-state index contributed by atoms with van der Waals surface area (Å²) in [5, 5.41) is 8.85. The molecule has 0 atom stereocenters. The second kappa shape index (κ2) is 5.52. The van der Waals surface area contributed by atoms with Gasteiger partial charge in [-0.05, 0) is 12.8 Å². The number of anilines is 3. The molecule has 0 unspecified atom stereocenters. The van der Waals surface area contributed by atoms with Crippen LogP contribution in [0.3, 0.4) is 0 Å². The number of nitrogens with zero attached hydrogens (tertiary/aromatic N) is 2. The van der Waals surface area contributed by atoms with Crippen LogP contribution < -0.4 is 21.7 Å². The lowest BCUT2D eigenvalue weighted by Gasteiger charge is -2.08. The topological polar surface area (TPSA) is 105 Å². The highest BCUT2D eigenvalue weighted by molar-refractivity contribution is 5.80. The molecule has 7 nitrogen and oxygen atoms in total. The third-order valence-corrected chi connectivity index (χ3v) is 2.68. The fourth-order valence-electron chi connectivity index (χ4n) is 1.55. The molecular weight excluding hydrogens is 232 g/mol. The van der Waals surface area contributed by atoms with Gasteiger partial charge in [-0.1, -0.05) is 0 Å². The van der Waals surface area contributed by atoms with Gasteiger partial charge < -0.3 is 21.7 Å². The molecule has 1 fully saturated rings. The summed E-state index contributed by atoms with van der Waals surface area (Å²) < 4.78 is 0. The fraction of sp³-hybridized carbons (Fsp3) is 0.545. The third kappa shape index (κ3) is 3.47. The van der Waals surface area contributed by atoms with E-state index in [-0.39, 0.29) is 17.8 Å². The van der Waals surface area contributed by atoms with E-state index in [1.807, 2.05) is 0 Å². The Bertz CT molecular complexity index is 432. The average Bonchev–Trinajstić information content (AvgIpc) is 3.17. The molecule has 0 saturated heterocycles. The number of carbonyl (C=O) groups excluding carboxylic acids is 1. The lowest BCUT2D eigenvalue weighted by Crippen LogP contribution is -2.30. The van der Waals surface area contributed by atoms with Crippen LogP contribution in [-0.4, -0.2) is 36.0 Å². The van der Waals surface area contributed by atoms with E-state index in [2.05, 4.69) is 25.9 Å². The summed E-state index contributed by atoms with van der Waals surface area (Å²) in [4.78, 5) is 19.4. The number of rotatable bonds is 6. The summed E-state index contributed by atoms with van der Waals surface area (Å²) in [6, 6.07) is 1.76. The molecule has 0 bridgehead atoms. The lowest BCUT2D eigenvalue weighted by molar-refractivity contribution is -0.122. The van der Waals surface area contributed by atoms with E-state index in [0.717, 1.165) is 12.8 Å². The highest BCUT2D eigenvalue weighted by atomic mass is 16.2. The molecule has 18 heavy (non-hydrogen) atoms. The molecule has 0 radical (unpaired) electrons. The van der Waals surface area contributed by atoms with Crippen LogP contribution in [0.2, 0.25) is 0 Å². The summed E-state index contributed by atoms with van der Waals surface area (Å²) in [5.74, 6) is 1.91.